The summed E-state index contributed by atoms with van der Waals surface area (Å²) in [4.78, 5) is 23.9. The predicted molar refractivity (Wildman–Crippen MR) is 91.6 cm³/mol. The molecule has 2 saturated heterocycles. The van der Waals surface area contributed by atoms with E-state index in [-0.39, 0.29) is 42.4 Å². The average Bonchev–Trinajstić information content (AvgIpc) is 2.62. The molecule has 1 aromatic carbocycles. The number of carbonyl (C=O) groups is 2. The zero-order valence-electron chi connectivity index (χ0n) is 13.8. The Bertz CT molecular complexity index is 759. The number of rotatable bonds is 4. The van der Waals surface area contributed by atoms with E-state index in [9.17, 15) is 18.0 Å². The molecule has 2 heterocycles. The van der Waals surface area contributed by atoms with E-state index in [1.165, 1.54) is 12.1 Å². The number of carbonyl (C=O) groups excluding carboxylic acids is 2. The topological polar surface area (TPSA) is 108 Å². The molecule has 3 N–H and O–H groups in total. The molecule has 136 valence electrons. The standard InChI is InChI=1S/C16H22N4O4S/c21-15-11-20(8-7-18-15)25(23,24)14-5-1-3-12(9-14)16(22)19-13-4-2-6-17-10-13/h1,3,5,9,13,17H,2,4,6-8,10-11H2,(H,18,21)(H,19,22)/t13-/m0/s1. The molecule has 0 aromatic heterocycles. The summed E-state index contributed by atoms with van der Waals surface area (Å²) in [5, 5.41) is 8.74. The first-order valence-electron chi connectivity index (χ1n) is 8.35. The van der Waals surface area contributed by atoms with Gasteiger partial charge in [0.2, 0.25) is 15.9 Å². The number of piperidine rings is 1. The van der Waals surface area contributed by atoms with Crippen molar-refractivity contribution in [2.45, 2.75) is 23.8 Å². The number of hydrogen-bond donors (Lipinski definition) is 3. The van der Waals surface area contributed by atoms with Crippen LogP contribution in [-0.2, 0) is 14.8 Å². The van der Waals surface area contributed by atoms with Gasteiger partial charge in [-0.05, 0) is 37.6 Å². The summed E-state index contributed by atoms with van der Waals surface area (Å²) in [6, 6.07) is 6.00. The lowest BCUT2D eigenvalue weighted by atomic mass is 10.1. The lowest BCUT2D eigenvalue weighted by Crippen LogP contribution is -2.49. The largest absolute Gasteiger partial charge is 0.354 e. The molecule has 0 aliphatic carbocycles. The Hall–Kier alpha value is -1.97. The zero-order valence-corrected chi connectivity index (χ0v) is 14.6. The van der Waals surface area contributed by atoms with Crippen molar-refractivity contribution in [2.75, 3.05) is 32.7 Å². The maximum atomic E-state index is 12.7. The fraction of sp³-hybridized carbons (Fsp3) is 0.500. The van der Waals surface area contributed by atoms with Gasteiger partial charge in [0, 0.05) is 31.2 Å². The number of sulfonamides is 1. The van der Waals surface area contributed by atoms with Crippen LogP contribution in [0.25, 0.3) is 0 Å². The SMILES string of the molecule is O=C1CN(S(=O)(=O)c2cccc(C(=O)N[C@H]3CCCNC3)c2)CCN1. The summed E-state index contributed by atoms with van der Waals surface area (Å²) in [5.74, 6) is -0.615. The summed E-state index contributed by atoms with van der Waals surface area (Å²) < 4.78 is 26.5. The number of benzene rings is 1. The quantitative estimate of drug-likeness (QED) is 0.652. The second kappa shape index (κ2) is 7.51. The van der Waals surface area contributed by atoms with E-state index >= 15 is 0 Å². The van der Waals surface area contributed by atoms with Gasteiger partial charge in [0.1, 0.15) is 0 Å². The van der Waals surface area contributed by atoms with Gasteiger partial charge in [-0.1, -0.05) is 6.07 Å². The number of hydrogen-bond acceptors (Lipinski definition) is 5. The molecule has 1 aromatic rings. The Morgan fingerprint density at radius 3 is 2.84 bits per heavy atom. The second-order valence-electron chi connectivity index (χ2n) is 6.23. The molecule has 1 atom stereocenters. The maximum absolute atomic E-state index is 12.7. The molecule has 0 saturated carbocycles. The predicted octanol–water partition coefficient (Wildman–Crippen LogP) is -0.711. The molecular formula is C16H22N4O4S. The van der Waals surface area contributed by atoms with Gasteiger partial charge in [-0.15, -0.1) is 0 Å². The Labute approximate surface area is 147 Å². The number of amides is 2. The molecule has 0 spiro atoms. The van der Waals surface area contributed by atoms with Gasteiger partial charge in [0.15, 0.2) is 0 Å². The molecule has 2 aliphatic heterocycles. The Morgan fingerprint density at radius 2 is 2.12 bits per heavy atom. The van der Waals surface area contributed by atoms with Gasteiger partial charge in [-0.2, -0.15) is 4.31 Å². The third-order valence-corrected chi connectivity index (χ3v) is 6.21. The summed E-state index contributed by atoms with van der Waals surface area (Å²) in [6.45, 7) is 1.97. The van der Waals surface area contributed by atoms with Crippen LogP contribution < -0.4 is 16.0 Å². The lowest BCUT2D eigenvalue weighted by molar-refractivity contribution is -0.122. The second-order valence-corrected chi connectivity index (χ2v) is 8.17. The van der Waals surface area contributed by atoms with Crippen LogP contribution in [0.3, 0.4) is 0 Å². The van der Waals surface area contributed by atoms with Crippen molar-refractivity contribution in [3.05, 3.63) is 29.8 Å². The highest BCUT2D eigenvalue weighted by atomic mass is 32.2. The molecule has 0 radical (unpaired) electrons. The maximum Gasteiger partial charge on any atom is 0.251 e. The normalized spacial score (nSPS) is 22.2. The minimum atomic E-state index is -3.80. The first kappa shape index (κ1) is 17.8. The average molecular weight is 366 g/mol. The van der Waals surface area contributed by atoms with Crippen molar-refractivity contribution >= 4 is 21.8 Å². The summed E-state index contributed by atoms with van der Waals surface area (Å²) >= 11 is 0. The molecule has 2 amide bonds. The zero-order chi connectivity index (χ0) is 17.9. The van der Waals surface area contributed by atoms with Crippen LogP contribution in [0.4, 0.5) is 0 Å². The van der Waals surface area contributed by atoms with Crippen LogP contribution >= 0.6 is 0 Å². The fourth-order valence-corrected chi connectivity index (χ4v) is 4.45. The van der Waals surface area contributed by atoms with E-state index in [4.69, 9.17) is 0 Å². The van der Waals surface area contributed by atoms with Crippen LogP contribution in [-0.4, -0.2) is 63.3 Å². The minimum absolute atomic E-state index is 0.0246. The first-order valence-corrected chi connectivity index (χ1v) is 9.79. The van der Waals surface area contributed by atoms with E-state index in [2.05, 4.69) is 16.0 Å². The molecule has 8 nitrogen and oxygen atoms in total. The van der Waals surface area contributed by atoms with E-state index in [1.807, 2.05) is 0 Å². The molecule has 2 fully saturated rings. The smallest absolute Gasteiger partial charge is 0.251 e. The summed E-state index contributed by atoms with van der Waals surface area (Å²) in [7, 11) is -3.80. The van der Waals surface area contributed by atoms with Gasteiger partial charge in [0.25, 0.3) is 5.91 Å². The highest BCUT2D eigenvalue weighted by molar-refractivity contribution is 7.89. The van der Waals surface area contributed by atoms with E-state index in [0.29, 0.717) is 12.1 Å². The fourth-order valence-electron chi connectivity index (χ4n) is 3.01. The molecule has 0 unspecified atom stereocenters. The van der Waals surface area contributed by atoms with Crippen molar-refractivity contribution in [3.8, 4) is 0 Å². The van der Waals surface area contributed by atoms with E-state index in [0.717, 1.165) is 23.7 Å². The number of nitrogens with zero attached hydrogens (tertiary/aromatic N) is 1. The van der Waals surface area contributed by atoms with Crippen molar-refractivity contribution in [3.63, 3.8) is 0 Å². The molecule has 9 heteroatoms. The van der Waals surface area contributed by atoms with Gasteiger partial charge in [-0.3, -0.25) is 9.59 Å². The van der Waals surface area contributed by atoms with Crippen LogP contribution in [0.5, 0.6) is 0 Å². The van der Waals surface area contributed by atoms with Gasteiger partial charge in [0.05, 0.1) is 11.4 Å². The minimum Gasteiger partial charge on any atom is -0.354 e. The first-order chi connectivity index (χ1) is 12.0. The van der Waals surface area contributed by atoms with Crippen molar-refractivity contribution in [2.24, 2.45) is 0 Å². The summed E-state index contributed by atoms with van der Waals surface area (Å²) in [6.07, 6.45) is 1.90. The van der Waals surface area contributed by atoms with Crippen molar-refractivity contribution in [1.29, 1.82) is 0 Å². The van der Waals surface area contributed by atoms with Gasteiger partial charge < -0.3 is 16.0 Å². The highest BCUT2D eigenvalue weighted by Gasteiger charge is 2.29. The monoisotopic (exact) mass is 366 g/mol. The van der Waals surface area contributed by atoms with Crippen molar-refractivity contribution < 1.29 is 18.0 Å². The van der Waals surface area contributed by atoms with E-state index < -0.39 is 10.0 Å². The molecular weight excluding hydrogens is 344 g/mol. The molecule has 2 aliphatic rings. The Balaban J connectivity index is 1.76. The lowest BCUT2D eigenvalue weighted by Gasteiger charge is -2.26. The number of piperazine rings is 1. The van der Waals surface area contributed by atoms with Gasteiger partial charge >= 0.3 is 0 Å². The van der Waals surface area contributed by atoms with Crippen LogP contribution in [0.1, 0.15) is 23.2 Å². The highest BCUT2D eigenvalue weighted by Crippen LogP contribution is 2.18. The van der Waals surface area contributed by atoms with Crippen LogP contribution in [0.15, 0.2) is 29.2 Å². The molecule has 0 bridgehead atoms. The number of nitrogens with one attached hydrogen (secondary N) is 3. The molecule has 25 heavy (non-hydrogen) atoms. The summed E-state index contributed by atoms with van der Waals surface area (Å²) in [5.41, 5.74) is 0.299. The van der Waals surface area contributed by atoms with Crippen molar-refractivity contribution in [1.82, 2.24) is 20.3 Å². The van der Waals surface area contributed by atoms with Crippen LogP contribution in [0.2, 0.25) is 0 Å². The van der Waals surface area contributed by atoms with Gasteiger partial charge in [-0.25, -0.2) is 8.42 Å². The third kappa shape index (κ3) is 4.17. The Kier molecular flexibility index (Phi) is 5.36. The molecule has 3 rings (SSSR count). The third-order valence-electron chi connectivity index (χ3n) is 4.37. The Morgan fingerprint density at radius 1 is 1.28 bits per heavy atom. The van der Waals surface area contributed by atoms with Crippen LogP contribution in [0, 0.1) is 0 Å². The van der Waals surface area contributed by atoms with E-state index in [1.54, 1.807) is 12.1 Å².